The largest absolute Gasteiger partial charge is 0.465 e. The number of aliphatic hydroxyl groups is 1. The summed E-state index contributed by atoms with van der Waals surface area (Å²) < 4.78 is 5.01. The van der Waals surface area contributed by atoms with Gasteiger partial charge < -0.3 is 15.2 Å². The van der Waals surface area contributed by atoms with Crippen LogP contribution in [-0.4, -0.2) is 35.9 Å². The molecule has 0 amide bonds. The van der Waals surface area contributed by atoms with Crippen LogP contribution in [0.2, 0.25) is 0 Å². The van der Waals surface area contributed by atoms with Crippen molar-refractivity contribution in [3.05, 3.63) is 0 Å². The van der Waals surface area contributed by atoms with Crippen molar-refractivity contribution >= 4 is 5.97 Å². The van der Waals surface area contributed by atoms with E-state index < -0.39 is 5.60 Å². The summed E-state index contributed by atoms with van der Waals surface area (Å²) in [6, 6.07) is -0.294. The third-order valence-corrected chi connectivity index (χ3v) is 3.69. The van der Waals surface area contributed by atoms with Crippen LogP contribution in [0.5, 0.6) is 0 Å². The molecule has 0 aromatic heterocycles. The zero-order chi connectivity index (χ0) is 13.4. The van der Waals surface area contributed by atoms with Crippen LogP contribution in [0.15, 0.2) is 0 Å². The van der Waals surface area contributed by atoms with E-state index in [2.05, 4.69) is 5.32 Å². The first-order valence-electron chi connectivity index (χ1n) is 7.23. The summed E-state index contributed by atoms with van der Waals surface area (Å²) in [6.07, 6.45) is 6.92. The lowest BCUT2D eigenvalue weighted by atomic mass is 9.94. The average molecular weight is 257 g/mol. The molecular formula is C14H27NO3. The maximum atomic E-state index is 11.7. The molecule has 4 heteroatoms. The molecule has 0 heterocycles. The molecule has 0 aromatic rings. The smallest absolute Gasteiger partial charge is 0.323 e. The van der Waals surface area contributed by atoms with Gasteiger partial charge in [-0.25, -0.2) is 0 Å². The van der Waals surface area contributed by atoms with Gasteiger partial charge in [0.2, 0.25) is 0 Å². The van der Waals surface area contributed by atoms with E-state index in [1.54, 1.807) is 0 Å². The van der Waals surface area contributed by atoms with E-state index >= 15 is 0 Å². The molecule has 2 N–H and O–H groups in total. The molecule has 18 heavy (non-hydrogen) atoms. The maximum absolute atomic E-state index is 11.7. The number of ether oxygens (including phenoxy) is 1. The quantitative estimate of drug-likeness (QED) is 0.564. The molecule has 0 spiro atoms. The molecule has 1 saturated carbocycles. The monoisotopic (exact) mass is 257 g/mol. The summed E-state index contributed by atoms with van der Waals surface area (Å²) in [5.41, 5.74) is -0.642. The van der Waals surface area contributed by atoms with Crippen molar-refractivity contribution in [1.29, 1.82) is 0 Å². The Morgan fingerprint density at radius 3 is 2.39 bits per heavy atom. The zero-order valence-electron chi connectivity index (χ0n) is 11.7. The van der Waals surface area contributed by atoms with Crippen molar-refractivity contribution in [2.24, 2.45) is 0 Å². The highest BCUT2D eigenvalue weighted by Gasteiger charge is 2.29. The fourth-order valence-electron chi connectivity index (χ4n) is 2.51. The Balaban J connectivity index is 2.42. The van der Waals surface area contributed by atoms with Crippen LogP contribution in [0.1, 0.15) is 58.8 Å². The van der Waals surface area contributed by atoms with Gasteiger partial charge in [-0.15, -0.1) is 0 Å². The molecule has 1 aliphatic carbocycles. The van der Waals surface area contributed by atoms with Crippen molar-refractivity contribution in [3.63, 3.8) is 0 Å². The standard InChI is InChI=1S/C14H27NO3/c1-3-12(13(16)18-4-2)15-11-14(17)9-7-5-6-8-10-14/h12,15,17H,3-11H2,1-2H3. The van der Waals surface area contributed by atoms with Gasteiger partial charge in [-0.1, -0.05) is 32.6 Å². The van der Waals surface area contributed by atoms with Crippen molar-refractivity contribution in [2.75, 3.05) is 13.2 Å². The molecular weight excluding hydrogens is 230 g/mol. The lowest BCUT2D eigenvalue weighted by Gasteiger charge is -2.28. The zero-order valence-corrected chi connectivity index (χ0v) is 11.7. The number of carbonyl (C=O) groups is 1. The topological polar surface area (TPSA) is 58.6 Å². The van der Waals surface area contributed by atoms with Gasteiger partial charge in [-0.2, -0.15) is 0 Å². The van der Waals surface area contributed by atoms with Crippen LogP contribution in [0.25, 0.3) is 0 Å². The minimum atomic E-state index is -0.642. The fraction of sp³-hybridized carbons (Fsp3) is 0.929. The van der Waals surface area contributed by atoms with Crippen molar-refractivity contribution in [3.8, 4) is 0 Å². The molecule has 1 aliphatic rings. The molecule has 1 fully saturated rings. The average Bonchev–Trinajstić information content (AvgIpc) is 2.56. The summed E-state index contributed by atoms with van der Waals surface area (Å²) in [4.78, 5) is 11.7. The Hall–Kier alpha value is -0.610. The van der Waals surface area contributed by atoms with E-state index in [0.29, 0.717) is 19.6 Å². The molecule has 1 rings (SSSR count). The Labute approximate surface area is 110 Å². The van der Waals surface area contributed by atoms with Gasteiger partial charge in [0.05, 0.1) is 12.2 Å². The van der Waals surface area contributed by atoms with E-state index in [1.807, 2.05) is 13.8 Å². The van der Waals surface area contributed by atoms with Crippen molar-refractivity contribution in [1.82, 2.24) is 5.32 Å². The summed E-state index contributed by atoms with van der Waals surface area (Å²) >= 11 is 0. The molecule has 0 saturated heterocycles. The number of hydrogen-bond donors (Lipinski definition) is 2. The number of esters is 1. The SMILES string of the molecule is CCOC(=O)C(CC)NCC1(O)CCCCCC1. The first-order valence-corrected chi connectivity index (χ1v) is 7.23. The molecule has 1 unspecified atom stereocenters. The summed E-state index contributed by atoms with van der Waals surface area (Å²) in [5.74, 6) is -0.211. The van der Waals surface area contributed by atoms with Crippen LogP contribution in [-0.2, 0) is 9.53 Å². The number of nitrogens with one attached hydrogen (secondary N) is 1. The Morgan fingerprint density at radius 1 is 1.28 bits per heavy atom. The first kappa shape index (κ1) is 15.4. The minimum absolute atomic E-state index is 0.211. The molecule has 0 radical (unpaired) electrons. The first-order chi connectivity index (χ1) is 8.61. The number of rotatable bonds is 6. The molecule has 1 atom stereocenters. The molecule has 106 valence electrons. The van der Waals surface area contributed by atoms with Crippen molar-refractivity contribution in [2.45, 2.75) is 70.4 Å². The van der Waals surface area contributed by atoms with Gasteiger partial charge >= 0.3 is 5.97 Å². The van der Waals surface area contributed by atoms with Crippen LogP contribution in [0.4, 0.5) is 0 Å². The van der Waals surface area contributed by atoms with Gasteiger partial charge in [0.15, 0.2) is 0 Å². The molecule has 0 aromatic carbocycles. The van der Waals surface area contributed by atoms with Crippen molar-refractivity contribution < 1.29 is 14.6 Å². The van der Waals surface area contributed by atoms with Crippen LogP contribution in [0.3, 0.4) is 0 Å². The highest BCUT2D eigenvalue weighted by atomic mass is 16.5. The molecule has 0 aliphatic heterocycles. The second kappa shape index (κ2) is 7.74. The normalized spacial score (nSPS) is 21.1. The third kappa shape index (κ3) is 4.94. The summed E-state index contributed by atoms with van der Waals surface area (Å²) in [6.45, 7) is 4.65. The summed E-state index contributed by atoms with van der Waals surface area (Å²) in [5, 5.41) is 13.7. The van der Waals surface area contributed by atoms with Gasteiger partial charge in [-0.05, 0) is 26.2 Å². The minimum Gasteiger partial charge on any atom is -0.465 e. The predicted molar refractivity (Wildman–Crippen MR) is 71.4 cm³/mol. The fourth-order valence-corrected chi connectivity index (χ4v) is 2.51. The third-order valence-electron chi connectivity index (χ3n) is 3.69. The predicted octanol–water partition coefficient (Wildman–Crippen LogP) is 2.00. The second-order valence-electron chi connectivity index (χ2n) is 5.23. The second-order valence-corrected chi connectivity index (χ2v) is 5.23. The molecule has 4 nitrogen and oxygen atoms in total. The van der Waals surface area contributed by atoms with Crippen LogP contribution >= 0.6 is 0 Å². The highest BCUT2D eigenvalue weighted by Crippen LogP contribution is 2.26. The van der Waals surface area contributed by atoms with Gasteiger partial charge in [0, 0.05) is 6.54 Å². The van der Waals surface area contributed by atoms with Gasteiger partial charge in [0.1, 0.15) is 6.04 Å². The Bertz CT molecular complexity index is 247. The summed E-state index contributed by atoms with van der Waals surface area (Å²) in [7, 11) is 0. The van der Waals surface area contributed by atoms with E-state index in [1.165, 1.54) is 12.8 Å². The van der Waals surface area contributed by atoms with E-state index in [0.717, 1.165) is 25.7 Å². The maximum Gasteiger partial charge on any atom is 0.323 e. The van der Waals surface area contributed by atoms with E-state index in [9.17, 15) is 9.90 Å². The van der Waals surface area contributed by atoms with Gasteiger partial charge in [-0.3, -0.25) is 4.79 Å². The van der Waals surface area contributed by atoms with E-state index in [-0.39, 0.29) is 12.0 Å². The number of hydrogen-bond acceptors (Lipinski definition) is 4. The Kier molecular flexibility index (Phi) is 6.65. The van der Waals surface area contributed by atoms with Crippen LogP contribution in [0, 0.1) is 0 Å². The number of carbonyl (C=O) groups excluding carboxylic acids is 1. The lowest BCUT2D eigenvalue weighted by Crippen LogP contribution is -2.47. The van der Waals surface area contributed by atoms with Gasteiger partial charge in [0.25, 0.3) is 0 Å². The highest BCUT2D eigenvalue weighted by molar-refractivity contribution is 5.75. The Morgan fingerprint density at radius 2 is 1.89 bits per heavy atom. The molecule has 0 bridgehead atoms. The lowest BCUT2D eigenvalue weighted by molar-refractivity contribution is -0.146. The van der Waals surface area contributed by atoms with Crippen LogP contribution < -0.4 is 5.32 Å². The van der Waals surface area contributed by atoms with E-state index in [4.69, 9.17) is 4.74 Å².